The Hall–Kier alpha value is -1.52. The monoisotopic (exact) mass is 264 g/mol. The van der Waals surface area contributed by atoms with E-state index in [1.807, 2.05) is 17.5 Å². The fourth-order valence-electron chi connectivity index (χ4n) is 1.61. The van der Waals surface area contributed by atoms with E-state index in [2.05, 4.69) is 9.97 Å². The molecule has 1 aromatic carbocycles. The maximum absolute atomic E-state index is 13.6. The van der Waals surface area contributed by atoms with Gasteiger partial charge in [0, 0.05) is 0 Å². The van der Waals surface area contributed by atoms with E-state index >= 15 is 0 Å². The number of aromatic nitrogens is 2. The van der Waals surface area contributed by atoms with Crippen LogP contribution in [-0.2, 0) is 0 Å². The van der Waals surface area contributed by atoms with Crippen LogP contribution in [0.25, 0.3) is 21.6 Å². The van der Waals surface area contributed by atoms with E-state index in [0.717, 1.165) is 4.88 Å². The molecule has 0 aliphatic carbocycles. The Kier molecular flexibility index (Phi) is 2.53. The Balaban J connectivity index is 2.32. The molecule has 0 saturated heterocycles. The Bertz CT molecular complexity index is 682. The van der Waals surface area contributed by atoms with Gasteiger partial charge in [0.05, 0.1) is 15.8 Å². The predicted octanol–water partition coefficient (Wildman–Crippen LogP) is 4.15. The van der Waals surface area contributed by atoms with Crippen LogP contribution in [0.5, 0.6) is 0 Å². The zero-order valence-electron chi connectivity index (χ0n) is 8.52. The van der Waals surface area contributed by atoms with Crippen LogP contribution in [0.4, 0.5) is 4.39 Å². The second kappa shape index (κ2) is 4.05. The molecule has 17 heavy (non-hydrogen) atoms. The van der Waals surface area contributed by atoms with Crippen molar-refractivity contribution < 1.29 is 4.39 Å². The van der Waals surface area contributed by atoms with Crippen LogP contribution in [0.1, 0.15) is 0 Å². The summed E-state index contributed by atoms with van der Waals surface area (Å²) in [6.07, 6.45) is 0. The summed E-state index contributed by atoms with van der Waals surface area (Å²) < 4.78 is 13.6. The third-order valence-corrected chi connectivity index (χ3v) is 3.51. The number of fused-ring (bicyclic) bond motifs is 1. The molecule has 0 aliphatic rings. The molecule has 0 bridgehead atoms. The van der Waals surface area contributed by atoms with Gasteiger partial charge in [0.1, 0.15) is 11.0 Å². The second-order valence-electron chi connectivity index (χ2n) is 3.45. The molecule has 3 aromatic rings. The van der Waals surface area contributed by atoms with Crippen molar-refractivity contribution in [2.75, 3.05) is 0 Å². The van der Waals surface area contributed by atoms with Crippen molar-refractivity contribution in [2.45, 2.75) is 0 Å². The van der Waals surface area contributed by atoms with E-state index in [4.69, 9.17) is 11.6 Å². The number of hydrogen-bond acceptors (Lipinski definition) is 3. The van der Waals surface area contributed by atoms with Crippen molar-refractivity contribution >= 4 is 33.8 Å². The molecule has 0 atom stereocenters. The average molecular weight is 265 g/mol. The van der Waals surface area contributed by atoms with Crippen LogP contribution >= 0.6 is 22.9 Å². The third-order valence-electron chi connectivity index (χ3n) is 2.37. The van der Waals surface area contributed by atoms with Gasteiger partial charge < -0.3 is 0 Å². The molecule has 84 valence electrons. The predicted molar refractivity (Wildman–Crippen MR) is 67.8 cm³/mol. The molecule has 3 rings (SSSR count). The lowest BCUT2D eigenvalue weighted by Gasteiger charge is -2.03. The second-order valence-corrected chi connectivity index (χ2v) is 4.75. The molecular weight excluding hydrogens is 259 g/mol. The summed E-state index contributed by atoms with van der Waals surface area (Å²) in [7, 11) is 0. The molecule has 0 spiro atoms. The highest BCUT2D eigenvalue weighted by atomic mass is 35.5. The van der Waals surface area contributed by atoms with E-state index in [9.17, 15) is 4.39 Å². The number of halogens is 2. The number of benzene rings is 1. The van der Waals surface area contributed by atoms with Crippen LogP contribution < -0.4 is 0 Å². The number of thiophene rings is 1. The van der Waals surface area contributed by atoms with Gasteiger partial charge >= 0.3 is 0 Å². The largest absolute Gasteiger partial charge is 0.227 e. The molecule has 2 heterocycles. The molecule has 0 unspecified atom stereocenters. The standard InChI is InChI=1S/C12H6ClFN2S/c13-11-10-7(14)3-1-4-8(10)15-12(16-11)9-5-2-6-17-9/h1-6H. The van der Waals surface area contributed by atoms with Crippen LogP contribution in [0, 0.1) is 5.82 Å². The zero-order valence-corrected chi connectivity index (χ0v) is 10.1. The number of nitrogens with zero attached hydrogens (tertiary/aromatic N) is 2. The van der Waals surface area contributed by atoms with Gasteiger partial charge in [-0.05, 0) is 23.6 Å². The summed E-state index contributed by atoms with van der Waals surface area (Å²) in [6, 6.07) is 8.50. The Morgan fingerprint density at radius 2 is 2.00 bits per heavy atom. The molecular formula is C12H6ClFN2S. The first-order valence-corrected chi connectivity index (χ1v) is 6.17. The maximum atomic E-state index is 13.6. The smallest absolute Gasteiger partial charge is 0.171 e. The average Bonchev–Trinajstić information content (AvgIpc) is 2.81. The van der Waals surface area contributed by atoms with E-state index in [1.54, 1.807) is 12.1 Å². The Morgan fingerprint density at radius 3 is 2.76 bits per heavy atom. The summed E-state index contributed by atoms with van der Waals surface area (Å²) in [4.78, 5) is 9.36. The molecule has 2 aromatic heterocycles. The lowest BCUT2D eigenvalue weighted by Crippen LogP contribution is -1.92. The summed E-state index contributed by atoms with van der Waals surface area (Å²) in [5.41, 5.74) is 0.522. The van der Waals surface area contributed by atoms with Crippen molar-refractivity contribution in [2.24, 2.45) is 0 Å². The molecule has 5 heteroatoms. The molecule has 2 nitrogen and oxygen atoms in total. The van der Waals surface area contributed by atoms with Crippen LogP contribution in [0.15, 0.2) is 35.7 Å². The lowest BCUT2D eigenvalue weighted by atomic mass is 10.2. The summed E-state index contributed by atoms with van der Waals surface area (Å²) >= 11 is 7.52. The Morgan fingerprint density at radius 1 is 1.12 bits per heavy atom. The van der Waals surface area contributed by atoms with Crippen LogP contribution in [0.2, 0.25) is 5.15 Å². The van der Waals surface area contributed by atoms with E-state index in [1.165, 1.54) is 17.4 Å². The first kappa shape index (κ1) is 10.6. The normalized spacial score (nSPS) is 10.9. The van der Waals surface area contributed by atoms with E-state index < -0.39 is 5.82 Å². The van der Waals surface area contributed by atoms with Crippen molar-refractivity contribution in [3.8, 4) is 10.7 Å². The highest BCUT2D eigenvalue weighted by Crippen LogP contribution is 2.28. The van der Waals surface area contributed by atoms with Crippen molar-refractivity contribution in [1.29, 1.82) is 0 Å². The first-order chi connectivity index (χ1) is 8.25. The van der Waals surface area contributed by atoms with Gasteiger partial charge in [-0.2, -0.15) is 0 Å². The van der Waals surface area contributed by atoms with Gasteiger partial charge in [-0.3, -0.25) is 0 Å². The SMILES string of the molecule is Fc1cccc2nc(-c3cccs3)nc(Cl)c12. The molecule has 0 fully saturated rings. The molecule has 0 amide bonds. The van der Waals surface area contributed by atoms with Crippen molar-refractivity contribution in [1.82, 2.24) is 9.97 Å². The van der Waals surface area contributed by atoms with Gasteiger partial charge in [-0.15, -0.1) is 11.3 Å². The van der Waals surface area contributed by atoms with Gasteiger partial charge in [0.15, 0.2) is 5.82 Å². The highest BCUT2D eigenvalue weighted by Gasteiger charge is 2.11. The molecule has 0 aliphatic heterocycles. The van der Waals surface area contributed by atoms with Gasteiger partial charge in [0.2, 0.25) is 0 Å². The van der Waals surface area contributed by atoms with Crippen molar-refractivity contribution in [3.05, 3.63) is 46.7 Å². The zero-order chi connectivity index (χ0) is 11.8. The van der Waals surface area contributed by atoms with Gasteiger partial charge in [-0.1, -0.05) is 23.7 Å². The minimum absolute atomic E-state index is 0.150. The van der Waals surface area contributed by atoms with Crippen LogP contribution in [0.3, 0.4) is 0 Å². The van der Waals surface area contributed by atoms with E-state index in [0.29, 0.717) is 11.3 Å². The number of hydrogen-bond donors (Lipinski definition) is 0. The summed E-state index contributed by atoms with van der Waals surface area (Å²) in [5, 5.41) is 2.36. The first-order valence-electron chi connectivity index (χ1n) is 4.91. The van der Waals surface area contributed by atoms with E-state index in [-0.39, 0.29) is 10.5 Å². The van der Waals surface area contributed by atoms with Gasteiger partial charge in [-0.25, -0.2) is 14.4 Å². The molecule has 0 N–H and O–H groups in total. The minimum Gasteiger partial charge on any atom is -0.227 e. The Labute approximate surface area is 106 Å². The molecule has 0 saturated carbocycles. The van der Waals surface area contributed by atoms with Crippen LogP contribution in [-0.4, -0.2) is 9.97 Å². The molecule has 0 radical (unpaired) electrons. The number of rotatable bonds is 1. The topological polar surface area (TPSA) is 25.8 Å². The van der Waals surface area contributed by atoms with Gasteiger partial charge in [0.25, 0.3) is 0 Å². The fraction of sp³-hybridized carbons (Fsp3) is 0. The lowest BCUT2D eigenvalue weighted by molar-refractivity contribution is 0.639. The fourth-order valence-corrected chi connectivity index (χ4v) is 2.54. The summed E-state index contributed by atoms with van der Waals surface area (Å²) in [6.45, 7) is 0. The highest BCUT2D eigenvalue weighted by molar-refractivity contribution is 7.13. The summed E-state index contributed by atoms with van der Waals surface area (Å²) in [5.74, 6) is 0.133. The third kappa shape index (κ3) is 1.79. The minimum atomic E-state index is -0.398. The maximum Gasteiger partial charge on any atom is 0.171 e. The quantitative estimate of drug-likeness (QED) is 0.617. The van der Waals surface area contributed by atoms with Crippen molar-refractivity contribution in [3.63, 3.8) is 0 Å².